The molecule has 1 rings (SSSR count). The minimum Gasteiger partial charge on any atom is -0.398 e. The topological polar surface area (TPSA) is 73.7 Å². The van der Waals surface area contributed by atoms with Crippen LogP contribution in [0.3, 0.4) is 0 Å². The summed E-state index contributed by atoms with van der Waals surface area (Å²) in [5, 5.41) is 15.6. The molecule has 0 aliphatic heterocycles. The number of anilines is 1. The van der Waals surface area contributed by atoms with Gasteiger partial charge in [0, 0.05) is 11.8 Å². The van der Waals surface area contributed by atoms with Gasteiger partial charge in [-0.2, -0.15) is 5.26 Å². The van der Waals surface area contributed by atoms with Crippen LogP contribution >= 0.6 is 0 Å². The van der Waals surface area contributed by atoms with E-state index < -0.39 is 11.6 Å². The lowest BCUT2D eigenvalue weighted by Crippen LogP contribution is -2.07. The van der Waals surface area contributed by atoms with Gasteiger partial charge in [0.1, 0.15) is 11.6 Å². The third-order valence-electron chi connectivity index (χ3n) is 1.64. The summed E-state index contributed by atoms with van der Waals surface area (Å²) in [7, 11) is 0. The van der Waals surface area contributed by atoms with E-state index in [1.165, 1.54) is 0 Å². The zero-order chi connectivity index (χ0) is 10.7. The fourth-order valence-electron chi connectivity index (χ4n) is 1.08. The zero-order valence-electron chi connectivity index (χ0n) is 7.14. The van der Waals surface area contributed by atoms with Crippen molar-refractivity contribution in [2.24, 2.45) is 0 Å². The van der Waals surface area contributed by atoms with E-state index in [1.807, 2.05) is 0 Å². The molecule has 0 atom stereocenters. The summed E-state index contributed by atoms with van der Waals surface area (Å²) in [6, 6.07) is 3.25. The molecule has 3 nitrogen and oxygen atoms in total. The molecule has 0 radical (unpaired) electrons. The highest BCUT2D eigenvalue weighted by molar-refractivity contribution is 6.03. The second kappa shape index (κ2) is 3.83. The lowest BCUT2D eigenvalue weighted by Gasteiger charge is -2.05. The van der Waals surface area contributed by atoms with Crippen molar-refractivity contribution in [3.05, 3.63) is 29.3 Å². The molecule has 0 saturated carbocycles. The van der Waals surface area contributed by atoms with Gasteiger partial charge in [0.15, 0.2) is 0 Å². The molecule has 0 unspecified atom stereocenters. The maximum atomic E-state index is 13.1. The van der Waals surface area contributed by atoms with Gasteiger partial charge in [-0.15, -0.1) is 0 Å². The molecular formula is C9H7F2N3. The average Bonchev–Trinajstić information content (AvgIpc) is 2.01. The second-order valence-electron chi connectivity index (χ2n) is 2.67. The Kier molecular flexibility index (Phi) is 2.77. The quantitative estimate of drug-likeness (QED) is 0.558. The molecule has 72 valence electrons. The third-order valence-corrected chi connectivity index (χ3v) is 1.64. The molecule has 3 N–H and O–H groups in total. The molecule has 0 spiro atoms. The monoisotopic (exact) mass is 195 g/mol. The SMILES string of the molecule is N#CCC(=N)c1c(N)cc(F)cc1F. The minimum absolute atomic E-state index is 0.164. The first-order valence-electron chi connectivity index (χ1n) is 3.75. The van der Waals surface area contributed by atoms with Crippen molar-refractivity contribution >= 4 is 11.4 Å². The van der Waals surface area contributed by atoms with Crippen molar-refractivity contribution in [3.8, 4) is 6.07 Å². The van der Waals surface area contributed by atoms with Gasteiger partial charge in [-0.25, -0.2) is 8.78 Å². The molecule has 0 amide bonds. The normalized spacial score (nSPS) is 9.50. The first-order valence-corrected chi connectivity index (χ1v) is 3.75. The molecule has 14 heavy (non-hydrogen) atoms. The minimum atomic E-state index is -0.914. The summed E-state index contributed by atoms with van der Waals surface area (Å²) in [5.74, 6) is -1.71. The summed E-state index contributed by atoms with van der Waals surface area (Å²) in [5.41, 5.74) is 4.71. The first kappa shape index (κ1) is 10.1. The Bertz CT molecular complexity index is 398. The van der Waals surface area contributed by atoms with Gasteiger partial charge in [0.2, 0.25) is 0 Å². The van der Waals surface area contributed by atoms with Crippen LogP contribution < -0.4 is 5.73 Å². The number of nitriles is 1. The lowest BCUT2D eigenvalue weighted by atomic mass is 10.1. The molecule has 0 fully saturated rings. The van der Waals surface area contributed by atoms with Gasteiger partial charge in [-0.1, -0.05) is 0 Å². The van der Waals surface area contributed by atoms with Gasteiger partial charge in [0.05, 0.1) is 23.8 Å². The predicted molar refractivity (Wildman–Crippen MR) is 47.8 cm³/mol. The largest absolute Gasteiger partial charge is 0.398 e. The summed E-state index contributed by atoms with van der Waals surface area (Å²) in [4.78, 5) is 0. The molecular weight excluding hydrogens is 188 g/mol. The number of nitrogens with zero attached hydrogens (tertiary/aromatic N) is 1. The zero-order valence-corrected chi connectivity index (χ0v) is 7.14. The molecule has 1 aromatic rings. The second-order valence-corrected chi connectivity index (χ2v) is 2.67. The highest BCUT2D eigenvalue weighted by Crippen LogP contribution is 2.19. The summed E-state index contributed by atoms with van der Waals surface area (Å²) in [6.07, 6.45) is -0.257. The Morgan fingerprint density at radius 1 is 1.50 bits per heavy atom. The van der Waals surface area contributed by atoms with Gasteiger partial charge < -0.3 is 11.1 Å². The van der Waals surface area contributed by atoms with E-state index in [0.717, 1.165) is 6.07 Å². The summed E-state index contributed by atoms with van der Waals surface area (Å²) >= 11 is 0. The fraction of sp³-hybridized carbons (Fsp3) is 0.111. The number of benzene rings is 1. The van der Waals surface area contributed by atoms with E-state index in [2.05, 4.69) is 0 Å². The van der Waals surface area contributed by atoms with Crippen molar-refractivity contribution in [1.29, 1.82) is 10.7 Å². The average molecular weight is 195 g/mol. The van der Waals surface area contributed by atoms with Crippen LogP contribution in [-0.2, 0) is 0 Å². The molecule has 0 aliphatic carbocycles. The molecule has 0 saturated heterocycles. The Balaban J connectivity index is 3.22. The highest BCUT2D eigenvalue weighted by atomic mass is 19.1. The van der Waals surface area contributed by atoms with Gasteiger partial charge >= 0.3 is 0 Å². The number of nitrogens with two attached hydrogens (primary N) is 1. The van der Waals surface area contributed by atoms with Gasteiger partial charge in [-0.05, 0) is 6.07 Å². The van der Waals surface area contributed by atoms with Crippen LogP contribution in [0.2, 0.25) is 0 Å². The number of nitrogens with one attached hydrogen (secondary N) is 1. The summed E-state index contributed by atoms with van der Waals surface area (Å²) in [6.45, 7) is 0. The summed E-state index contributed by atoms with van der Waals surface area (Å²) < 4.78 is 25.7. The van der Waals surface area contributed by atoms with Crippen LogP contribution in [0.25, 0.3) is 0 Å². The van der Waals surface area contributed by atoms with Crippen molar-refractivity contribution in [1.82, 2.24) is 0 Å². The number of rotatable bonds is 2. The van der Waals surface area contributed by atoms with Crippen LogP contribution in [0.5, 0.6) is 0 Å². The molecule has 1 aromatic carbocycles. The standard InChI is InChI=1S/C9H7F2N3/c10-5-3-6(11)9(8(14)4-5)7(13)1-2-12/h3-4,13H,1,14H2. The van der Waals surface area contributed by atoms with E-state index >= 15 is 0 Å². The van der Waals surface area contributed by atoms with Crippen molar-refractivity contribution in [3.63, 3.8) is 0 Å². The van der Waals surface area contributed by atoms with Crippen molar-refractivity contribution in [2.75, 3.05) is 5.73 Å². The maximum Gasteiger partial charge on any atom is 0.137 e. The van der Waals surface area contributed by atoms with E-state index in [9.17, 15) is 8.78 Å². The Hall–Kier alpha value is -1.96. The van der Waals surface area contributed by atoms with E-state index in [0.29, 0.717) is 6.07 Å². The van der Waals surface area contributed by atoms with E-state index in [-0.39, 0.29) is 23.4 Å². The first-order chi connectivity index (χ1) is 6.56. The van der Waals surface area contributed by atoms with Gasteiger partial charge in [-0.3, -0.25) is 0 Å². The van der Waals surface area contributed by atoms with E-state index in [4.69, 9.17) is 16.4 Å². The number of hydrogen-bond donors (Lipinski definition) is 2. The molecule has 0 bridgehead atoms. The smallest absolute Gasteiger partial charge is 0.137 e. The fourth-order valence-corrected chi connectivity index (χ4v) is 1.08. The van der Waals surface area contributed by atoms with Crippen LogP contribution in [-0.4, -0.2) is 5.71 Å². The Morgan fingerprint density at radius 3 is 2.64 bits per heavy atom. The van der Waals surface area contributed by atoms with Crippen molar-refractivity contribution < 1.29 is 8.78 Å². The molecule has 0 aliphatic rings. The predicted octanol–water partition coefficient (Wildman–Crippen LogP) is 1.83. The molecule has 5 heteroatoms. The Morgan fingerprint density at radius 2 is 2.14 bits per heavy atom. The molecule has 0 heterocycles. The lowest BCUT2D eigenvalue weighted by molar-refractivity contribution is 0.582. The number of hydrogen-bond acceptors (Lipinski definition) is 3. The van der Waals surface area contributed by atoms with E-state index in [1.54, 1.807) is 6.07 Å². The van der Waals surface area contributed by atoms with Crippen LogP contribution in [0.15, 0.2) is 12.1 Å². The molecule has 0 aromatic heterocycles. The maximum absolute atomic E-state index is 13.1. The Labute approximate surface area is 79.3 Å². The number of nitrogen functional groups attached to an aromatic ring is 1. The third kappa shape index (κ3) is 1.85. The van der Waals surface area contributed by atoms with Crippen molar-refractivity contribution in [2.45, 2.75) is 6.42 Å². The van der Waals surface area contributed by atoms with Crippen LogP contribution in [0.4, 0.5) is 14.5 Å². The number of halogens is 2. The highest BCUT2D eigenvalue weighted by Gasteiger charge is 2.13. The van der Waals surface area contributed by atoms with Gasteiger partial charge in [0.25, 0.3) is 0 Å². The van der Waals surface area contributed by atoms with Crippen LogP contribution in [0.1, 0.15) is 12.0 Å². The van der Waals surface area contributed by atoms with Crippen LogP contribution in [0, 0.1) is 28.4 Å².